The topological polar surface area (TPSA) is 86.7 Å². The van der Waals surface area contributed by atoms with Gasteiger partial charge < -0.3 is 19.7 Å². The van der Waals surface area contributed by atoms with Crippen LogP contribution in [0.15, 0.2) is 0 Å². The minimum absolute atomic E-state index is 0. The number of esters is 1. The van der Waals surface area contributed by atoms with Crippen LogP contribution in [-0.2, 0) is 14.3 Å². The second kappa shape index (κ2) is 9.78. The first-order chi connectivity index (χ1) is 7.81. The summed E-state index contributed by atoms with van der Waals surface area (Å²) in [5, 5.41) is 20.1. The number of aliphatic carboxylic acids is 1. The van der Waals surface area contributed by atoms with E-state index >= 15 is 0 Å². The third-order valence-electron chi connectivity index (χ3n) is 2.44. The van der Waals surface area contributed by atoms with E-state index in [-0.39, 0.29) is 42.4 Å². The number of carbonyl (C=O) groups is 2. The molecular formula is C12H21NaO5. The van der Waals surface area contributed by atoms with Gasteiger partial charge in [0.15, 0.2) is 5.60 Å². The zero-order valence-electron chi connectivity index (χ0n) is 11.7. The van der Waals surface area contributed by atoms with Gasteiger partial charge in [-0.1, -0.05) is 19.8 Å². The van der Waals surface area contributed by atoms with Crippen LogP contribution in [0.1, 0.15) is 52.9 Å². The molecule has 0 amide bonds. The Bertz CT molecular complexity index is 267. The van der Waals surface area contributed by atoms with Crippen molar-refractivity contribution in [1.29, 1.82) is 0 Å². The zero-order chi connectivity index (χ0) is 13.5. The summed E-state index contributed by atoms with van der Waals surface area (Å²) in [6.45, 7) is 4.68. The fraction of sp³-hybridized carbons (Fsp3) is 0.833. The van der Waals surface area contributed by atoms with Crippen LogP contribution in [0.3, 0.4) is 0 Å². The molecule has 0 aromatic heterocycles. The number of hydrogen-bond donors (Lipinski definition) is 1. The summed E-state index contributed by atoms with van der Waals surface area (Å²) in [7, 11) is 0. The number of rotatable bonds is 8. The molecule has 18 heavy (non-hydrogen) atoms. The molecule has 0 saturated heterocycles. The molecule has 2 unspecified atom stereocenters. The molecule has 0 fully saturated rings. The standard InChI is InChI=1S/C12H22O5.Na/c1-4-5-6-7-10(14)17-12(3,11(15)16)8-9(2)13;/h9,13H,4-8H2,1-3H3,(H,15,16);/q;+1/p-1. The number of carboxylic acids is 1. The van der Waals surface area contributed by atoms with E-state index in [1.165, 1.54) is 13.8 Å². The molecule has 0 heterocycles. The molecule has 100 valence electrons. The maximum atomic E-state index is 11.4. The summed E-state index contributed by atoms with van der Waals surface area (Å²) >= 11 is 0. The van der Waals surface area contributed by atoms with Crippen LogP contribution < -0.4 is 34.7 Å². The summed E-state index contributed by atoms with van der Waals surface area (Å²) in [5.74, 6) is -2.05. The molecule has 0 aromatic carbocycles. The van der Waals surface area contributed by atoms with Crippen molar-refractivity contribution in [3.63, 3.8) is 0 Å². The number of aliphatic hydroxyl groups excluding tert-OH is 1. The first kappa shape index (κ1) is 20.2. The Kier molecular flexibility index (Phi) is 11.0. The SMILES string of the molecule is CCCCCC(=O)OC(C)(CC(C)O)C(=O)[O-].[Na+]. The van der Waals surface area contributed by atoms with Crippen LogP contribution in [0.2, 0.25) is 0 Å². The number of ether oxygens (including phenoxy) is 1. The zero-order valence-corrected chi connectivity index (χ0v) is 13.7. The quantitative estimate of drug-likeness (QED) is 0.296. The van der Waals surface area contributed by atoms with E-state index < -0.39 is 23.6 Å². The van der Waals surface area contributed by atoms with Gasteiger partial charge in [-0.3, -0.25) is 4.79 Å². The Morgan fingerprint density at radius 2 is 1.94 bits per heavy atom. The van der Waals surface area contributed by atoms with Gasteiger partial charge in [0.2, 0.25) is 0 Å². The summed E-state index contributed by atoms with van der Waals surface area (Å²) in [4.78, 5) is 22.3. The van der Waals surface area contributed by atoms with Gasteiger partial charge in [0.1, 0.15) is 0 Å². The molecule has 0 radical (unpaired) electrons. The van der Waals surface area contributed by atoms with E-state index in [4.69, 9.17) is 4.74 Å². The Balaban J connectivity index is 0. The summed E-state index contributed by atoms with van der Waals surface area (Å²) in [5.41, 5.74) is -1.75. The third kappa shape index (κ3) is 8.08. The van der Waals surface area contributed by atoms with E-state index in [1.54, 1.807) is 0 Å². The predicted molar refractivity (Wildman–Crippen MR) is 59.9 cm³/mol. The van der Waals surface area contributed by atoms with Gasteiger partial charge in [-0.2, -0.15) is 0 Å². The van der Waals surface area contributed by atoms with Crippen molar-refractivity contribution < 1.29 is 54.1 Å². The molecule has 0 aliphatic heterocycles. The number of carbonyl (C=O) groups excluding carboxylic acids is 2. The van der Waals surface area contributed by atoms with Crippen molar-refractivity contribution in [2.24, 2.45) is 0 Å². The maximum absolute atomic E-state index is 11.4. The summed E-state index contributed by atoms with van der Waals surface area (Å²) in [6.07, 6.45) is 1.69. The molecule has 0 aliphatic carbocycles. The monoisotopic (exact) mass is 268 g/mol. The normalized spacial score (nSPS) is 15.1. The van der Waals surface area contributed by atoms with E-state index in [2.05, 4.69) is 0 Å². The minimum atomic E-state index is -1.75. The van der Waals surface area contributed by atoms with Crippen LogP contribution in [0.4, 0.5) is 0 Å². The van der Waals surface area contributed by atoms with Crippen LogP contribution >= 0.6 is 0 Å². The Labute approximate surface area is 130 Å². The van der Waals surface area contributed by atoms with Gasteiger partial charge in [-0.15, -0.1) is 0 Å². The molecule has 5 nitrogen and oxygen atoms in total. The number of hydrogen-bond acceptors (Lipinski definition) is 5. The van der Waals surface area contributed by atoms with E-state index in [0.29, 0.717) is 6.42 Å². The van der Waals surface area contributed by atoms with Crippen LogP contribution in [0, 0.1) is 0 Å². The molecule has 0 bridgehead atoms. The fourth-order valence-corrected chi connectivity index (χ4v) is 1.55. The molecule has 6 heteroatoms. The molecule has 0 rings (SSSR count). The van der Waals surface area contributed by atoms with Gasteiger partial charge in [-0.05, 0) is 20.3 Å². The smallest absolute Gasteiger partial charge is 0.546 e. The summed E-state index contributed by atoms with van der Waals surface area (Å²) < 4.78 is 4.90. The molecule has 2 atom stereocenters. The van der Waals surface area contributed by atoms with E-state index in [0.717, 1.165) is 12.8 Å². The first-order valence-electron chi connectivity index (χ1n) is 5.93. The number of aliphatic hydroxyl groups is 1. The molecule has 0 aromatic rings. The van der Waals surface area contributed by atoms with E-state index in [9.17, 15) is 19.8 Å². The minimum Gasteiger partial charge on any atom is -0.546 e. The number of carboxylic acid groups (broad SMARTS) is 1. The largest absolute Gasteiger partial charge is 1.00 e. The molecular weight excluding hydrogens is 247 g/mol. The van der Waals surface area contributed by atoms with Crippen LogP contribution in [-0.4, -0.2) is 28.8 Å². The van der Waals surface area contributed by atoms with Crippen molar-refractivity contribution >= 4 is 11.9 Å². The molecule has 0 aliphatic rings. The second-order valence-electron chi connectivity index (χ2n) is 4.50. The van der Waals surface area contributed by atoms with Gasteiger partial charge in [0.05, 0.1) is 12.1 Å². The fourth-order valence-electron chi connectivity index (χ4n) is 1.55. The van der Waals surface area contributed by atoms with Crippen molar-refractivity contribution in [3.05, 3.63) is 0 Å². The van der Waals surface area contributed by atoms with Crippen molar-refractivity contribution in [2.75, 3.05) is 0 Å². The van der Waals surface area contributed by atoms with Crippen molar-refractivity contribution in [3.8, 4) is 0 Å². The van der Waals surface area contributed by atoms with Crippen LogP contribution in [0.25, 0.3) is 0 Å². The van der Waals surface area contributed by atoms with Gasteiger partial charge in [-0.25, -0.2) is 0 Å². The van der Waals surface area contributed by atoms with Gasteiger partial charge >= 0.3 is 35.5 Å². The summed E-state index contributed by atoms with van der Waals surface area (Å²) in [6, 6.07) is 0. The Morgan fingerprint density at radius 1 is 1.39 bits per heavy atom. The first-order valence-corrected chi connectivity index (χ1v) is 5.93. The van der Waals surface area contributed by atoms with Crippen molar-refractivity contribution in [2.45, 2.75) is 64.6 Å². The third-order valence-corrected chi connectivity index (χ3v) is 2.44. The van der Waals surface area contributed by atoms with E-state index in [1.807, 2.05) is 6.92 Å². The van der Waals surface area contributed by atoms with Gasteiger partial charge in [0, 0.05) is 12.8 Å². The average Bonchev–Trinajstić information content (AvgIpc) is 2.16. The molecule has 1 N–H and O–H groups in total. The predicted octanol–water partition coefficient (Wildman–Crippen LogP) is -2.61. The Morgan fingerprint density at radius 3 is 2.33 bits per heavy atom. The van der Waals surface area contributed by atoms with Crippen molar-refractivity contribution in [1.82, 2.24) is 0 Å². The van der Waals surface area contributed by atoms with Gasteiger partial charge in [0.25, 0.3) is 0 Å². The maximum Gasteiger partial charge on any atom is 1.00 e. The molecule has 0 spiro atoms. The average molecular weight is 268 g/mol. The Hall–Kier alpha value is -0.100. The number of unbranched alkanes of at least 4 members (excludes halogenated alkanes) is 2. The molecule has 0 saturated carbocycles. The second-order valence-corrected chi connectivity index (χ2v) is 4.50. The van der Waals surface area contributed by atoms with Crippen LogP contribution in [0.5, 0.6) is 0 Å².